The van der Waals surface area contributed by atoms with Gasteiger partial charge in [0.25, 0.3) is 0 Å². The average molecular weight is 242 g/mol. The van der Waals surface area contributed by atoms with Gasteiger partial charge >= 0.3 is 11.7 Å². The van der Waals surface area contributed by atoms with Crippen LogP contribution in [0.15, 0.2) is 18.2 Å². The Balaban J connectivity index is 2.53. The van der Waals surface area contributed by atoms with Crippen molar-refractivity contribution in [3.8, 4) is 0 Å². The number of hydrogen-bond acceptors (Lipinski definition) is 4. The molecule has 7 heteroatoms. The van der Waals surface area contributed by atoms with Crippen LogP contribution < -0.4 is 5.32 Å². The summed E-state index contributed by atoms with van der Waals surface area (Å²) in [6, 6.07) is 3.57. The summed E-state index contributed by atoms with van der Waals surface area (Å²) in [6.07, 6.45) is -0.0323. The number of hydrogen-bond donors (Lipinski definition) is 2. The number of aliphatic carboxylic acids is 1. The molecule has 6 nitrogen and oxygen atoms in total. The zero-order valence-electron chi connectivity index (χ0n) is 8.85. The molecule has 2 N–H and O–H groups in total. The van der Waals surface area contributed by atoms with E-state index in [1.54, 1.807) is 0 Å². The first-order valence-electron chi connectivity index (χ1n) is 4.86. The molecule has 1 aromatic carbocycles. The van der Waals surface area contributed by atoms with Crippen molar-refractivity contribution >= 4 is 11.7 Å². The number of halogens is 1. The van der Waals surface area contributed by atoms with E-state index in [0.717, 1.165) is 12.1 Å². The second kappa shape index (κ2) is 5.90. The third-order valence-electron chi connectivity index (χ3n) is 2.05. The van der Waals surface area contributed by atoms with Gasteiger partial charge in [0.1, 0.15) is 0 Å². The standard InChI is InChI=1S/C10H11FN2O4/c11-8-5-7(1-2-9(8)13(16)17)6-12-4-3-10(14)15/h1-2,5,12H,3-4,6H2,(H,14,15). The number of nitro groups is 1. The highest BCUT2D eigenvalue weighted by atomic mass is 19.1. The van der Waals surface area contributed by atoms with Crippen LogP contribution in [0, 0.1) is 15.9 Å². The minimum Gasteiger partial charge on any atom is -0.481 e. The maximum absolute atomic E-state index is 13.2. The van der Waals surface area contributed by atoms with E-state index in [0.29, 0.717) is 5.56 Å². The van der Waals surface area contributed by atoms with Crippen molar-refractivity contribution in [3.05, 3.63) is 39.7 Å². The van der Waals surface area contributed by atoms with Gasteiger partial charge in [0.2, 0.25) is 5.82 Å². The lowest BCUT2D eigenvalue weighted by Gasteiger charge is -2.03. The van der Waals surface area contributed by atoms with E-state index in [-0.39, 0.29) is 19.5 Å². The van der Waals surface area contributed by atoms with E-state index in [2.05, 4.69) is 5.32 Å². The number of nitrogens with zero attached hydrogens (tertiary/aromatic N) is 1. The third kappa shape index (κ3) is 4.15. The lowest BCUT2D eigenvalue weighted by Crippen LogP contribution is -2.17. The molecule has 1 aromatic rings. The van der Waals surface area contributed by atoms with Crippen LogP contribution in [0.5, 0.6) is 0 Å². The van der Waals surface area contributed by atoms with Crippen LogP contribution in [0.4, 0.5) is 10.1 Å². The molecule has 92 valence electrons. The Morgan fingerprint density at radius 3 is 2.76 bits per heavy atom. The molecule has 0 amide bonds. The number of nitro benzene ring substituents is 1. The zero-order valence-corrected chi connectivity index (χ0v) is 8.85. The van der Waals surface area contributed by atoms with E-state index in [9.17, 15) is 19.3 Å². The molecule has 0 spiro atoms. The van der Waals surface area contributed by atoms with Gasteiger partial charge in [0.05, 0.1) is 11.3 Å². The molecule has 0 aliphatic heterocycles. The number of carboxylic acid groups (broad SMARTS) is 1. The van der Waals surface area contributed by atoms with E-state index in [1.807, 2.05) is 0 Å². The van der Waals surface area contributed by atoms with Gasteiger partial charge in [-0.05, 0) is 11.6 Å². The fourth-order valence-electron chi connectivity index (χ4n) is 1.24. The van der Waals surface area contributed by atoms with Crippen molar-refractivity contribution in [2.24, 2.45) is 0 Å². The van der Waals surface area contributed by atoms with E-state index in [1.165, 1.54) is 6.07 Å². The summed E-state index contributed by atoms with van der Waals surface area (Å²) >= 11 is 0. The maximum atomic E-state index is 13.2. The topological polar surface area (TPSA) is 92.5 Å². The molecule has 1 rings (SSSR count). The average Bonchev–Trinajstić information content (AvgIpc) is 2.23. The highest BCUT2D eigenvalue weighted by Gasteiger charge is 2.13. The van der Waals surface area contributed by atoms with Crippen molar-refractivity contribution < 1.29 is 19.2 Å². The van der Waals surface area contributed by atoms with Gasteiger partial charge in [-0.15, -0.1) is 0 Å². The summed E-state index contributed by atoms with van der Waals surface area (Å²) in [4.78, 5) is 19.8. The highest BCUT2D eigenvalue weighted by molar-refractivity contribution is 5.66. The summed E-state index contributed by atoms with van der Waals surface area (Å²) in [6.45, 7) is 0.524. The van der Waals surface area contributed by atoms with Crippen molar-refractivity contribution in [3.63, 3.8) is 0 Å². The third-order valence-corrected chi connectivity index (χ3v) is 2.05. The van der Waals surface area contributed by atoms with Gasteiger partial charge in [-0.1, -0.05) is 6.07 Å². The van der Waals surface area contributed by atoms with Crippen molar-refractivity contribution in [1.29, 1.82) is 0 Å². The molecule has 0 saturated heterocycles. The summed E-state index contributed by atoms with van der Waals surface area (Å²) < 4.78 is 13.2. The molecule has 0 bridgehead atoms. The molecule has 0 unspecified atom stereocenters. The highest BCUT2D eigenvalue weighted by Crippen LogP contribution is 2.17. The largest absolute Gasteiger partial charge is 0.481 e. The molecular weight excluding hydrogens is 231 g/mol. The first-order chi connectivity index (χ1) is 8.00. The Morgan fingerprint density at radius 2 is 2.24 bits per heavy atom. The molecule has 0 aliphatic rings. The molecule has 0 aromatic heterocycles. The first-order valence-corrected chi connectivity index (χ1v) is 4.86. The SMILES string of the molecule is O=C(O)CCNCc1ccc([N+](=O)[O-])c(F)c1. The van der Waals surface area contributed by atoms with Crippen LogP contribution in [0.1, 0.15) is 12.0 Å². The Kier molecular flexibility index (Phi) is 4.53. The van der Waals surface area contributed by atoms with Gasteiger partial charge in [-0.25, -0.2) is 0 Å². The zero-order chi connectivity index (χ0) is 12.8. The van der Waals surface area contributed by atoms with Crippen molar-refractivity contribution in [1.82, 2.24) is 5.32 Å². The Bertz CT molecular complexity index is 436. The first kappa shape index (κ1) is 13.0. The van der Waals surface area contributed by atoms with Crippen molar-refractivity contribution in [2.75, 3.05) is 6.54 Å². The van der Waals surface area contributed by atoms with Gasteiger partial charge in [0.15, 0.2) is 0 Å². The van der Waals surface area contributed by atoms with Gasteiger partial charge in [0, 0.05) is 19.2 Å². The molecular formula is C10H11FN2O4. The summed E-state index contributed by atoms with van der Waals surface area (Å²) in [5.74, 6) is -1.82. The minimum absolute atomic E-state index is 0.0323. The number of rotatable bonds is 6. The normalized spacial score (nSPS) is 10.2. The number of carbonyl (C=O) groups is 1. The quantitative estimate of drug-likeness (QED) is 0.445. The van der Waals surface area contributed by atoms with Crippen LogP contribution in [0.3, 0.4) is 0 Å². The number of carboxylic acids is 1. The summed E-state index contributed by atoms with van der Waals surface area (Å²) in [5.41, 5.74) is -0.0437. The summed E-state index contributed by atoms with van der Waals surface area (Å²) in [5, 5.41) is 21.5. The molecule has 0 saturated carbocycles. The molecule has 0 fully saturated rings. The van der Waals surface area contributed by atoms with Gasteiger partial charge in [-0.2, -0.15) is 4.39 Å². The van der Waals surface area contributed by atoms with Gasteiger partial charge in [-0.3, -0.25) is 14.9 Å². The number of benzene rings is 1. The molecule has 0 aliphatic carbocycles. The fraction of sp³-hybridized carbons (Fsp3) is 0.300. The van der Waals surface area contributed by atoms with E-state index in [4.69, 9.17) is 5.11 Å². The fourth-order valence-corrected chi connectivity index (χ4v) is 1.24. The van der Waals surface area contributed by atoms with Crippen molar-refractivity contribution in [2.45, 2.75) is 13.0 Å². The second-order valence-electron chi connectivity index (χ2n) is 3.36. The Labute approximate surface area is 96.2 Å². The lowest BCUT2D eigenvalue weighted by molar-refractivity contribution is -0.387. The monoisotopic (exact) mass is 242 g/mol. The maximum Gasteiger partial charge on any atom is 0.304 e. The summed E-state index contributed by atoms with van der Waals surface area (Å²) in [7, 11) is 0. The number of nitrogens with one attached hydrogen (secondary N) is 1. The molecule has 17 heavy (non-hydrogen) atoms. The van der Waals surface area contributed by atoms with Crippen LogP contribution in [-0.4, -0.2) is 22.5 Å². The molecule has 0 radical (unpaired) electrons. The Morgan fingerprint density at radius 1 is 1.53 bits per heavy atom. The van der Waals surface area contributed by atoms with E-state index < -0.39 is 22.4 Å². The minimum atomic E-state index is -0.924. The molecule has 0 heterocycles. The van der Waals surface area contributed by atoms with Crippen LogP contribution in [-0.2, 0) is 11.3 Å². The predicted octanol–water partition coefficient (Wildman–Crippen LogP) is 1.30. The van der Waals surface area contributed by atoms with Gasteiger partial charge < -0.3 is 10.4 Å². The van der Waals surface area contributed by atoms with Crippen LogP contribution >= 0.6 is 0 Å². The smallest absolute Gasteiger partial charge is 0.304 e. The predicted molar refractivity (Wildman–Crippen MR) is 57.0 cm³/mol. The van der Waals surface area contributed by atoms with Crippen LogP contribution in [0.25, 0.3) is 0 Å². The lowest BCUT2D eigenvalue weighted by atomic mass is 10.2. The van der Waals surface area contributed by atoms with E-state index >= 15 is 0 Å². The second-order valence-corrected chi connectivity index (χ2v) is 3.36. The van der Waals surface area contributed by atoms with Crippen LogP contribution in [0.2, 0.25) is 0 Å². The Hall–Kier alpha value is -2.02. The molecule has 0 atom stereocenters.